The van der Waals surface area contributed by atoms with Gasteiger partial charge in [0.2, 0.25) is 0 Å². The molecule has 0 aliphatic carbocycles. The second-order valence-electron chi connectivity index (χ2n) is 5.72. The van der Waals surface area contributed by atoms with Gasteiger partial charge in [-0.05, 0) is 17.7 Å². The van der Waals surface area contributed by atoms with Crippen LogP contribution >= 0.6 is 0 Å². The molecule has 4 heteroatoms. The van der Waals surface area contributed by atoms with Crippen LogP contribution in [0.5, 0.6) is 5.75 Å². The summed E-state index contributed by atoms with van der Waals surface area (Å²) in [7, 11) is 0. The van der Waals surface area contributed by atoms with Gasteiger partial charge >= 0.3 is 0 Å². The minimum atomic E-state index is -0.317. The Bertz CT molecular complexity index is 605. The summed E-state index contributed by atoms with van der Waals surface area (Å²) in [4.78, 5) is 2.28. The number of nitrogens with two attached hydrogens (primary N) is 1. The maximum Gasteiger partial charge on any atom is 0.165 e. The van der Waals surface area contributed by atoms with Crippen LogP contribution in [0.2, 0.25) is 0 Å². The van der Waals surface area contributed by atoms with Crippen molar-refractivity contribution in [1.82, 2.24) is 4.90 Å². The van der Waals surface area contributed by atoms with E-state index in [9.17, 15) is 4.39 Å². The topological polar surface area (TPSA) is 38.5 Å². The molecule has 1 aliphatic rings. The molecular formula is C18H21FN2O. The Morgan fingerprint density at radius 1 is 1.05 bits per heavy atom. The summed E-state index contributed by atoms with van der Waals surface area (Å²) in [6.07, 6.45) is 0. The van der Waals surface area contributed by atoms with Crippen LogP contribution in [0.25, 0.3) is 0 Å². The van der Waals surface area contributed by atoms with Crippen LogP contribution in [-0.2, 0) is 0 Å². The van der Waals surface area contributed by atoms with Crippen molar-refractivity contribution in [3.05, 3.63) is 66.0 Å². The van der Waals surface area contributed by atoms with Crippen LogP contribution in [0.3, 0.4) is 0 Å². The summed E-state index contributed by atoms with van der Waals surface area (Å²) in [5, 5.41) is 0. The molecular weight excluding hydrogens is 279 g/mol. The molecule has 0 spiro atoms. The fourth-order valence-corrected chi connectivity index (χ4v) is 3.00. The first-order valence-corrected chi connectivity index (χ1v) is 7.64. The van der Waals surface area contributed by atoms with Gasteiger partial charge in [-0.15, -0.1) is 0 Å². The van der Waals surface area contributed by atoms with Crippen molar-refractivity contribution < 1.29 is 9.13 Å². The van der Waals surface area contributed by atoms with Crippen LogP contribution in [0.4, 0.5) is 4.39 Å². The van der Waals surface area contributed by atoms with Gasteiger partial charge < -0.3 is 10.5 Å². The third-order valence-electron chi connectivity index (χ3n) is 4.17. The highest BCUT2D eigenvalue weighted by Crippen LogP contribution is 2.26. The molecule has 2 aromatic rings. The first-order valence-electron chi connectivity index (χ1n) is 7.64. The monoisotopic (exact) mass is 300 g/mol. The summed E-state index contributed by atoms with van der Waals surface area (Å²) < 4.78 is 19.0. The van der Waals surface area contributed by atoms with Gasteiger partial charge in [-0.3, -0.25) is 4.90 Å². The van der Waals surface area contributed by atoms with E-state index in [4.69, 9.17) is 10.5 Å². The molecule has 116 valence electrons. The highest BCUT2D eigenvalue weighted by Gasteiger charge is 2.30. The second-order valence-corrected chi connectivity index (χ2v) is 5.72. The summed E-state index contributed by atoms with van der Waals surface area (Å²) in [6, 6.07) is 17.0. The molecule has 2 N–H and O–H groups in total. The zero-order valence-electron chi connectivity index (χ0n) is 12.5. The number of para-hydroxylation sites is 1. The SMILES string of the molecule is N[C@@H]1CN(CCOc2ccccc2F)C[C@H]1c1ccccc1. The molecule has 0 unspecified atom stereocenters. The molecule has 22 heavy (non-hydrogen) atoms. The molecule has 0 bridgehead atoms. The van der Waals surface area contributed by atoms with Crippen molar-refractivity contribution >= 4 is 0 Å². The van der Waals surface area contributed by atoms with E-state index in [1.165, 1.54) is 11.6 Å². The second kappa shape index (κ2) is 6.90. The molecule has 1 aliphatic heterocycles. The van der Waals surface area contributed by atoms with Crippen LogP contribution in [0.15, 0.2) is 54.6 Å². The first-order chi connectivity index (χ1) is 10.7. The van der Waals surface area contributed by atoms with Crippen LogP contribution in [0, 0.1) is 5.82 Å². The highest BCUT2D eigenvalue weighted by atomic mass is 19.1. The Hall–Kier alpha value is -1.91. The normalized spacial score (nSPS) is 21.9. The van der Waals surface area contributed by atoms with Crippen molar-refractivity contribution in [2.45, 2.75) is 12.0 Å². The quantitative estimate of drug-likeness (QED) is 0.922. The Labute approximate surface area is 130 Å². The van der Waals surface area contributed by atoms with Crippen LogP contribution in [-0.4, -0.2) is 37.2 Å². The van der Waals surface area contributed by atoms with Gasteiger partial charge in [-0.2, -0.15) is 0 Å². The number of hydrogen-bond donors (Lipinski definition) is 1. The lowest BCUT2D eigenvalue weighted by molar-refractivity contribution is 0.228. The standard InChI is InChI=1S/C18H21FN2O/c19-16-8-4-5-9-18(16)22-11-10-21-12-15(17(20)13-21)14-6-2-1-3-7-14/h1-9,15,17H,10-13,20H2/t15-,17+/m0/s1. The number of ether oxygens (including phenoxy) is 1. The molecule has 2 aromatic carbocycles. The Kier molecular flexibility index (Phi) is 4.71. The number of halogens is 1. The minimum Gasteiger partial charge on any atom is -0.489 e. The molecule has 1 heterocycles. The van der Waals surface area contributed by atoms with Crippen LogP contribution < -0.4 is 10.5 Å². The van der Waals surface area contributed by atoms with Gasteiger partial charge in [-0.1, -0.05) is 42.5 Å². The zero-order chi connectivity index (χ0) is 15.4. The van der Waals surface area contributed by atoms with Gasteiger partial charge in [0, 0.05) is 31.6 Å². The number of nitrogens with zero attached hydrogens (tertiary/aromatic N) is 1. The molecule has 1 fully saturated rings. The lowest BCUT2D eigenvalue weighted by Crippen LogP contribution is -2.30. The molecule has 0 saturated carbocycles. The van der Waals surface area contributed by atoms with E-state index in [1.54, 1.807) is 18.2 Å². The molecule has 1 saturated heterocycles. The van der Waals surface area contributed by atoms with E-state index in [0.29, 0.717) is 18.3 Å². The first kappa shape index (κ1) is 15.0. The smallest absolute Gasteiger partial charge is 0.165 e. The molecule has 3 nitrogen and oxygen atoms in total. The van der Waals surface area contributed by atoms with Gasteiger partial charge in [0.1, 0.15) is 6.61 Å². The fourth-order valence-electron chi connectivity index (χ4n) is 3.00. The van der Waals surface area contributed by atoms with E-state index < -0.39 is 0 Å². The molecule has 0 aromatic heterocycles. The number of hydrogen-bond acceptors (Lipinski definition) is 3. The van der Waals surface area contributed by atoms with E-state index in [-0.39, 0.29) is 11.9 Å². The van der Waals surface area contributed by atoms with E-state index >= 15 is 0 Å². The maximum absolute atomic E-state index is 13.5. The predicted molar refractivity (Wildman–Crippen MR) is 85.5 cm³/mol. The number of rotatable bonds is 5. The molecule has 2 atom stereocenters. The van der Waals surface area contributed by atoms with Crippen molar-refractivity contribution in [3.63, 3.8) is 0 Å². The average molecular weight is 300 g/mol. The zero-order valence-corrected chi connectivity index (χ0v) is 12.5. The largest absolute Gasteiger partial charge is 0.489 e. The van der Waals surface area contributed by atoms with Gasteiger partial charge in [-0.25, -0.2) is 4.39 Å². The summed E-state index contributed by atoms with van der Waals surface area (Å²) in [5.74, 6) is 0.350. The summed E-state index contributed by atoms with van der Waals surface area (Å²) >= 11 is 0. The molecule has 0 amide bonds. The Morgan fingerprint density at radius 2 is 1.77 bits per heavy atom. The van der Waals surface area contributed by atoms with Crippen molar-refractivity contribution in [2.24, 2.45) is 5.73 Å². The van der Waals surface area contributed by atoms with E-state index in [0.717, 1.165) is 19.6 Å². The van der Waals surface area contributed by atoms with Crippen molar-refractivity contribution in [3.8, 4) is 5.75 Å². The fraction of sp³-hybridized carbons (Fsp3) is 0.333. The minimum absolute atomic E-state index is 0.135. The third kappa shape index (κ3) is 3.46. The number of likely N-dealkylation sites (tertiary alicyclic amines) is 1. The Balaban J connectivity index is 1.52. The van der Waals surface area contributed by atoms with Crippen LogP contribution in [0.1, 0.15) is 11.5 Å². The van der Waals surface area contributed by atoms with Crippen molar-refractivity contribution in [1.29, 1.82) is 0 Å². The highest BCUT2D eigenvalue weighted by molar-refractivity contribution is 5.24. The summed E-state index contributed by atoms with van der Waals surface area (Å²) in [5.41, 5.74) is 7.55. The van der Waals surface area contributed by atoms with Gasteiger partial charge in [0.25, 0.3) is 0 Å². The predicted octanol–water partition coefficient (Wildman–Crippen LogP) is 2.63. The maximum atomic E-state index is 13.5. The van der Waals surface area contributed by atoms with Gasteiger partial charge in [0.05, 0.1) is 0 Å². The van der Waals surface area contributed by atoms with E-state index in [2.05, 4.69) is 17.0 Å². The summed E-state index contributed by atoms with van der Waals surface area (Å²) in [6.45, 7) is 2.99. The van der Waals surface area contributed by atoms with Crippen molar-refractivity contribution in [2.75, 3.05) is 26.2 Å². The molecule has 3 rings (SSSR count). The third-order valence-corrected chi connectivity index (χ3v) is 4.17. The number of benzene rings is 2. The Morgan fingerprint density at radius 3 is 2.55 bits per heavy atom. The average Bonchev–Trinajstić information content (AvgIpc) is 2.91. The lowest BCUT2D eigenvalue weighted by atomic mass is 9.95. The lowest BCUT2D eigenvalue weighted by Gasteiger charge is -2.16. The van der Waals surface area contributed by atoms with Gasteiger partial charge in [0.15, 0.2) is 11.6 Å². The van der Waals surface area contributed by atoms with E-state index in [1.807, 2.05) is 18.2 Å². The molecule has 0 radical (unpaired) electrons.